The van der Waals surface area contributed by atoms with Gasteiger partial charge in [0.25, 0.3) is 0 Å². The third-order valence-electron chi connectivity index (χ3n) is 2.78. The van der Waals surface area contributed by atoms with Gasteiger partial charge in [-0.1, -0.05) is 12.2 Å². The minimum Gasteiger partial charge on any atom is -0.369 e. The van der Waals surface area contributed by atoms with Crippen molar-refractivity contribution in [2.75, 3.05) is 7.05 Å². The van der Waals surface area contributed by atoms with Crippen LogP contribution in [0, 0.1) is 11.8 Å². The Balaban J connectivity index is 2.26. The maximum absolute atomic E-state index is 11.5. The Hall–Kier alpha value is -1.36. The molecule has 1 fully saturated rings. The molecule has 2 amide bonds. The van der Waals surface area contributed by atoms with Gasteiger partial charge in [0.15, 0.2) is 0 Å². The average Bonchev–Trinajstić information content (AvgIpc) is 2.74. The maximum Gasteiger partial charge on any atom is 0.226 e. The number of primary amides is 1. The lowest BCUT2D eigenvalue weighted by Crippen LogP contribution is -2.43. The summed E-state index contributed by atoms with van der Waals surface area (Å²) in [5.74, 6) is -1.65. The van der Waals surface area contributed by atoms with Crippen LogP contribution in [0.5, 0.6) is 0 Å². The number of fused-ring (bicyclic) bond motifs is 2. The predicted molar refractivity (Wildman–Crippen MR) is 48.0 cm³/mol. The van der Waals surface area contributed by atoms with Crippen molar-refractivity contribution in [3.8, 4) is 0 Å². The van der Waals surface area contributed by atoms with Gasteiger partial charge < -0.3 is 15.8 Å². The number of amides is 2. The van der Waals surface area contributed by atoms with E-state index in [9.17, 15) is 9.59 Å². The lowest BCUT2D eigenvalue weighted by atomic mass is 9.82. The van der Waals surface area contributed by atoms with E-state index in [4.69, 9.17) is 10.5 Å². The summed E-state index contributed by atoms with van der Waals surface area (Å²) in [6.07, 6.45) is 2.99. The van der Waals surface area contributed by atoms with Crippen molar-refractivity contribution in [3.05, 3.63) is 12.2 Å². The van der Waals surface area contributed by atoms with Crippen molar-refractivity contribution in [3.63, 3.8) is 0 Å². The molecule has 3 N–H and O–H groups in total. The lowest BCUT2D eigenvalue weighted by Gasteiger charge is -2.20. The van der Waals surface area contributed by atoms with Crippen molar-refractivity contribution < 1.29 is 14.3 Å². The number of carbonyl (C=O) groups excluding carboxylic acids is 2. The molecule has 2 aliphatic rings. The zero-order chi connectivity index (χ0) is 10.3. The Morgan fingerprint density at radius 1 is 1.29 bits per heavy atom. The molecule has 5 heteroatoms. The van der Waals surface area contributed by atoms with Gasteiger partial charge in [0.2, 0.25) is 11.8 Å². The molecule has 14 heavy (non-hydrogen) atoms. The zero-order valence-corrected chi connectivity index (χ0v) is 7.77. The number of nitrogens with two attached hydrogens (primary N) is 1. The van der Waals surface area contributed by atoms with Gasteiger partial charge in [-0.15, -0.1) is 0 Å². The van der Waals surface area contributed by atoms with Crippen molar-refractivity contribution in [1.29, 1.82) is 0 Å². The summed E-state index contributed by atoms with van der Waals surface area (Å²) < 4.78 is 5.41. The summed E-state index contributed by atoms with van der Waals surface area (Å²) in [5.41, 5.74) is 5.23. The fourth-order valence-electron chi connectivity index (χ4n) is 2.13. The quantitative estimate of drug-likeness (QED) is 0.543. The third-order valence-corrected chi connectivity index (χ3v) is 2.78. The maximum atomic E-state index is 11.5. The number of ether oxygens (including phenoxy) is 1. The molecule has 4 atom stereocenters. The highest BCUT2D eigenvalue weighted by Crippen LogP contribution is 2.38. The molecular weight excluding hydrogens is 184 g/mol. The fraction of sp³-hybridized carbons (Fsp3) is 0.556. The second kappa shape index (κ2) is 3.09. The SMILES string of the molecule is CNC(=O)C1C2C=CC(O2)C1C(N)=O. The summed E-state index contributed by atoms with van der Waals surface area (Å²) in [4.78, 5) is 22.6. The first-order valence-electron chi connectivity index (χ1n) is 4.50. The first kappa shape index (κ1) is 9.21. The highest BCUT2D eigenvalue weighted by Gasteiger charge is 2.51. The number of rotatable bonds is 2. The molecule has 2 bridgehead atoms. The minimum absolute atomic E-state index is 0.189. The van der Waals surface area contributed by atoms with Crippen LogP contribution in [0.1, 0.15) is 0 Å². The molecule has 4 unspecified atom stereocenters. The van der Waals surface area contributed by atoms with E-state index >= 15 is 0 Å². The van der Waals surface area contributed by atoms with Crippen molar-refractivity contribution >= 4 is 11.8 Å². The van der Waals surface area contributed by atoms with E-state index < -0.39 is 17.7 Å². The van der Waals surface area contributed by atoms with Crippen molar-refractivity contribution in [2.24, 2.45) is 17.6 Å². The Morgan fingerprint density at radius 2 is 1.86 bits per heavy atom. The Morgan fingerprint density at radius 3 is 2.36 bits per heavy atom. The summed E-state index contributed by atoms with van der Waals surface area (Å²) in [5, 5.41) is 2.52. The fourth-order valence-corrected chi connectivity index (χ4v) is 2.13. The Bertz CT molecular complexity index is 313. The molecule has 0 aromatic carbocycles. The van der Waals surface area contributed by atoms with E-state index in [2.05, 4.69) is 5.32 Å². The van der Waals surface area contributed by atoms with Gasteiger partial charge in [-0.05, 0) is 0 Å². The van der Waals surface area contributed by atoms with E-state index in [1.807, 2.05) is 6.08 Å². The Labute approximate surface area is 81.3 Å². The summed E-state index contributed by atoms with van der Waals surface area (Å²) in [6, 6.07) is 0. The van der Waals surface area contributed by atoms with Crippen molar-refractivity contribution in [1.82, 2.24) is 5.32 Å². The van der Waals surface area contributed by atoms with Crippen LogP contribution in [0.25, 0.3) is 0 Å². The van der Waals surface area contributed by atoms with Crippen LogP contribution in [-0.4, -0.2) is 31.1 Å². The number of hydrogen-bond acceptors (Lipinski definition) is 3. The number of nitrogens with one attached hydrogen (secondary N) is 1. The molecular formula is C9H12N2O3. The summed E-state index contributed by atoms with van der Waals surface area (Å²) in [7, 11) is 1.54. The molecule has 1 saturated heterocycles. The highest BCUT2D eigenvalue weighted by atomic mass is 16.5. The van der Waals surface area contributed by atoms with Gasteiger partial charge in [-0.25, -0.2) is 0 Å². The van der Waals surface area contributed by atoms with Crippen LogP contribution in [0.3, 0.4) is 0 Å². The van der Waals surface area contributed by atoms with Gasteiger partial charge in [-0.3, -0.25) is 9.59 Å². The lowest BCUT2D eigenvalue weighted by molar-refractivity contribution is -0.132. The minimum atomic E-state index is -0.523. The summed E-state index contributed by atoms with van der Waals surface area (Å²) >= 11 is 0. The molecule has 0 radical (unpaired) electrons. The zero-order valence-electron chi connectivity index (χ0n) is 7.77. The van der Waals surface area contributed by atoms with E-state index in [0.717, 1.165) is 0 Å². The van der Waals surface area contributed by atoms with Gasteiger partial charge in [0.05, 0.1) is 24.0 Å². The van der Waals surface area contributed by atoms with E-state index in [1.165, 1.54) is 7.05 Å². The van der Waals surface area contributed by atoms with E-state index in [0.29, 0.717) is 0 Å². The molecule has 0 aliphatic carbocycles. The average molecular weight is 196 g/mol. The molecule has 5 nitrogen and oxygen atoms in total. The van der Waals surface area contributed by atoms with Crippen LogP contribution in [0.15, 0.2) is 12.2 Å². The second-order valence-electron chi connectivity index (χ2n) is 3.52. The van der Waals surface area contributed by atoms with Crippen LogP contribution in [-0.2, 0) is 14.3 Å². The molecule has 0 aromatic heterocycles. The molecule has 0 saturated carbocycles. The highest BCUT2D eigenvalue weighted by molar-refractivity contribution is 5.89. The topological polar surface area (TPSA) is 81.4 Å². The Kier molecular flexibility index (Phi) is 2.03. The van der Waals surface area contributed by atoms with Crippen LogP contribution in [0.2, 0.25) is 0 Å². The second-order valence-corrected chi connectivity index (χ2v) is 3.52. The molecule has 0 spiro atoms. The summed E-state index contributed by atoms with van der Waals surface area (Å²) in [6.45, 7) is 0. The first-order chi connectivity index (χ1) is 6.65. The van der Waals surface area contributed by atoms with Crippen LogP contribution in [0.4, 0.5) is 0 Å². The van der Waals surface area contributed by atoms with Gasteiger partial charge in [0.1, 0.15) is 0 Å². The van der Waals surface area contributed by atoms with E-state index in [1.54, 1.807) is 6.08 Å². The van der Waals surface area contributed by atoms with Crippen molar-refractivity contribution in [2.45, 2.75) is 12.2 Å². The van der Waals surface area contributed by atoms with Crippen LogP contribution < -0.4 is 11.1 Å². The number of carbonyl (C=O) groups is 2. The van der Waals surface area contributed by atoms with Gasteiger partial charge in [-0.2, -0.15) is 0 Å². The smallest absolute Gasteiger partial charge is 0.226 e. The molecule has 2 rings (SSSR count). The molecule has 0 aromatic rings. The van der Waals surface area contributed by atoms with Gasteiger partial charge >= 0.3 is 0 Å². The standard InChI is InChI=1S/C9H12N2O3/c1-11-9(13)7-5-3-2-4(14-5)6(7)8(10)12/h2-7H,1H3,(H2,10,12)(H,11,13). The van der Waals surface area contributed by atoms with Gasteiger partial charge in [0, 0.05) is 7.05 Å². The predicted octanol–water partition coefficient (Wildman–Crippen LogP) is -1.21. The monoisotopic (exact) mass is 196 g/mol. The molecule has 76 valence electrons. The van der Waals surface area contributed by atoms with E-state index in [-0.39, 0.29) is 18.1 Å². The first-order valence-corrected chi connectivity index (χ1v) is 4.50. The number of hydrogen-bond donors (Lipinski definition) is 2. The molecule has 2 aliphatic heterocycles. The molecule has 2 heterocycles. The third kappa shape index (κ3) is 1.13. The largest absolute Gasteiger partial charge is 0.369 e. The van der Waals surface area contributed by atoms with Crippen LogP contribution >= 0.6 is 0 Å². The normalized spacial score (nSPS) is 38.6.